The lowest BCUT2D eigenvalue weighted by atomic mass is 10.3. The summed E-state index contributed by atoms with van der Waals surface area (Å²) in [5.74, 6) is -0.124. The molecule has 1 aromatic carbocycles. The summed E-state index contributed by atoms with van der Waals surface area (Å²) in [4.78, 5) is 11.3. The van der Waals surface area contributed by atoms with Crippen LogP contribution in [-0.2, 0) is 4.79 Å². The molecule has 0 saturated heterocycles. The monoisotopic (exact) mass is 272 g/mol. The molecule has 0 aliphatic carbocycles. The van der Waals surface area contributed by atoms with E-state index < -0.39 is 0 Å². The molecule has 1 rings (SSSR count). The largest absolute Gasteiger partial charge is 0.395 e. The SMILES string of the molecule is O=C(CNCCO)Nc1cccc(Br)c1. The Morgan fingerprint density at radius 3 is 2.93 bits per heavy atom. The average molecular weight is 273 g/mol. The van der Waals surface area contributed by atoms with Crippen LogP contribution >= 0.6 is 15.9 Å². The Morgan fingerprint density at radius 2 is 2.27 bits per heavy atom. The number of carbonyl (C=O) groups excluding carboxylic acids is 1. The van der Waals surface area contributed by atoms with Gasteiger partial charge in [0.2, 0.25) is 5.91 Å². The van der Waals surface area contributed by atoms with Crippen molar-refractivity contribution in [2.75, 3.05) is 25.0 Å². The number of benzene rings is 1. The number of anilines is 1. The van der Waals surface area contributed by atoms with Crippen molar-refractivity contribution < 1.29 is 9.90 Å². The van der Waals surface area contributed by atoms with Crippen molar-refractivity contribution >= 4 is 27.5 Å². The Labute approximate surface area is 96.8 Å². The molecule has 1 aromatic rings. The first kappa shape index (κ1) is 12.2. The van der Waals surface area contributed by atoms with E-state index in [0.29, 0.717) is 6.54 Å². The first-order chi connectivity index (χ1) is 7.22. The van der Waals surface area contributed by atoms with Gasteiger partial charge in [0.1, 0.15) is 0 Å². The number of carbonyl (C=O) groups is 1. The number of aliphatic hydroxyl groups excluding tert-OH is 1. The highest BCUT2D eigenvalue weighted by Crippen LogP contribution is 2.15. The third-order valence-corrected chi connectivity index (χ3v) is 2.18. The summed E-state index contributed by atoms with van der Waals surface area (Å²) in [6.45, 7) is 0.656. The van der Waals surface area contributed by atoms with Gasteiger partial charge < -0.3 is 15.7 Å². The van der Waals surface area contributed by atoms with Crippen LogP contribution in [0.5, 0.6) is 0 Å². The van der Waals surface area contributed by atoms with Crippen LogP contribution in [0.4, 0.5) is 5.69 Å². The summed E-state index contributed by atoms with van der Waals surface area (Å²) < 4.78 is 0.920. The lowest BCUT2D eigenvalue weighted by molar-refractivity contribution is -0.115. The van der Waals surface area contributed by atoms with Crippen molar-refractivity contribution in [3.8, 4) is 0 Å². The number of aliphatic hydroxyl groups is 1. The maximum atomic E-state index is 11.3. The second-order valence-electron chi connectivity index (χ2n) is 2.96. The molecule has 0 fully saturated rings. The van der Waals surface area contributed by atoms with Crippen LogP contribution in [0.2, 0.25) is 0 Å². The first-order valence-electron chi connectivity index (χ1n) is 4.59. The minimum atomic E-state index is -0.124. The Balaban J connectivity index is 2.37. The van der Waals surface area contributed by atoms with E-state index in [1.165, 1.54) is 0 Å². The van der Waals surface area contributed by atoms with E-state index in [4.69, 9.17) is 5.11 Å². The number of hydrogen-bond donors (Lipinski definition) is 3. The number of hydrogen-bond acceptors (Lipinski definition) is 3. The normalized spacial score (nSPS) is 10.0. The van der Waals surface area contributed by atoms with Gasteiger partial charge in [0, 0.05) is 16.7 Å². The van der Waals surface area contributed by atoms with Gasteiger partial charge in [0.05, 0.1) is 13.2 Å². The number of rotatable bonds is 5. The van der Waals surface area contributed by atoms with E-state index in [1.807, 2.05) is 24.3 Å². The molecular formula is C10H13BrN2O2. The average Bonchev–Trinajstić information content (AvgIpc) is 2.18. The van der Waals surface area contributed by atoms with Crippen LogP contribution in [0, 0.1) is 0 Å². The molecule has 0 bridgehead atoms. The van der Waals surface area contributed by atoms with E-state index >= 15 is 0 Å². The number of amides is 1. The molecule has 0 heterocycles. The van der Waals surface area contributed by atoms with Crippen LogP contribution in [-0.4, -0.2) is 30.7 Å². The van der Waals surface area contributed by atoms with Crippen molar-refractivity contribution in [3.05, 3.63) is 28.7 Å². The second-order valence-corrected chi connectivity index (χ2v) is 3.87. The molecule has 0 aliphatic heterocycles. The van der Waals surface area contributed by atoms with Crippen LogP contribution in [0.15, 0.2) is 28.7 Å². The Morgan fingerprint density at radius 1 is 1.47 bits per heavy atom. The number of halogens is 1. The molecular weight excluding hydrogens is 260 g/mol. The van der Waals surface area contributed by atoms with Crippen molar-refractivity contribution in [1.29, 1.82) is 0 Å². The van der Waals surface area contributed by atoms with Crippen LogP contribution in [0.25, 0.3) is 0 Å². The molecule has 0 aliphatic rings. The Hall–Kier alpha value is -0.910. The van der Waals surface area contributed by atoms with Crippen molar-refractivity contribution in [3.63, 3.8) is 0 Å². The molecule has 0 spiro atoms. The fourth-order valence-corrected chi connectivity index (χ4v) is 1.45. The van der Waals surface area contributed by atoms with E-state index in [-0.39, 0.29) is 19.1 Å². The quantitative estimate of drug-likeness (QED) is 0.700. The van der Waals surface area contributed by atoms with Crippen molar-refractivity contribution in [1.82, 2.24) is 5.32 Å². The highest BCUT2D eigenvalue weighted by molar-refractivity contribution is 9.10. The summed E-state index contributed by atoms with van der Waals surface area (Å²) in [7, 11) is 0. The minimum Gasteiger partial charge on any atom is -0.395 e. The van der Waals surface area contributed by atoms with Gasteiger partial charge in [-0.1, -0.05) is 22.0 Å². The predicted octanol–water partition coefficient (Wildman–Crippen LogP) is 0.969. The maximum Gasteiger partial charge on any atom is 0.238 e. The Bertz CT molecular complexity index is 331. The van der Waals surface area contributed by atoms with E-state index in [1.54, 1.807) is 0 Å². The Kier molecular flexibility index (Phi) is 5.31. The maximum absolute atomic E-state index is 11.3. The van der Waals surface area contributed by atoms with Crippen LogP contribution in [0.1, 0.15) is 0 Å². The molecule has 1 amide bonds. The van der Waals surface area contributed by atoms with Crippen LogP contribution < -0.4 is 10.6 Å². The predicted molar refractivity (Wildman–Crippen MR) is 62.7 cm³/mol. The first-order valence-corrected chi connectivity index (χ1v) is 5.38. The smallest absolute Gasteiger partial charge is 0.238 e. The fraction of sp³-hybridized carbons (Fsp3) is 0.300. The topological polar surface area (TPSA) is 61.4 Å². The van der Waals surface area contributed by atoms with Gasteiger partial charge in [0.15, 0.2) is 0 Å². The molecule has 82 valence electrons. The molecule has 5 heteroatoms. The summed E-state index contributed by atoms with van der Waals surface area (Å²) in [5, 5.41) is 14.0. The third-order valence-electron chi connectivity index (χ3n) is 1.68. The van der Waals surface area contributed by atoms with E-state index in [2.05, 4.69) is 26.6 Å². The van der Waals surface area contributed by atoms with E-state index in [9.17, 15) is 4.79 Å². The van der Waals surface area contributed by atoms with E-state index in [0.717, 1.165) is 10.2 Å². The summed E-state index contributed by atoms with van der Waals surface area (Å²) in [5.41, 5.74) is 0.750. The summed E-state index contributed by atoms with van der Waals surface area (Å²) in [6, 6.07) is 7.37. The van der Waals surface area contributed by atoms with Gasteiger partial charge in [-0.15, -0.1) is 0 Å². The van der Waals surface area contributed by atoms with Gasteiger partial charge in [-0.25, -0.2) is 0 Å². The van der Waals surface area contributed by atoms with Gasteiger partial charge >= 0.3 is 0 Å². The minimum absolute atomic E-state index is 0.0319. The molecule has 4 nitrogen and oxygen atoms in total. The molecule has 0 aromatic heterocycles. The zero-order valence-electron chi connectivity index (χ0n) is 8.16. The zero-order chi connectivity index (χ0) is 11.1. The third kappa shape index (κ3) is 4.92. The number of nitrogens with one attached hydrogen (secondary N) is 2. The lowest BCUT2D eigenvalue weighted by Gasteiger charge is -2.05. The van der Waals surface area contributed by atoms with Crippen molar-refractivity contribution in [2.45, 2.75) is 0 Å². The molecule has 0 saturated carbocycles. The summed E-state index contributed by atoms with van der Waals surface area (Å²) in [6.07, 6.45) is 0. The highest BCUT2D eigenvalue weighted by Gasteiger charge is 2.01. The molecule has 0 atom stereocenters. The standard InChI is InChI=1S/C10H13BrN2O2/c11-8-2-1-3-9(6-8)13-10(15)7-12-4-5-14/h1-3,6,12,14H,4-5,7H2,(H,13,15). The fourth-order valence-electron chi connectivity index (χ4n) is 1.05. The van der Waals surface area contributed by atoms with Crippen molar-refractivity contribution in [2.24, 2.45) is 0 Å². The lowest BCUT2D eigenvalue weighted by Crippen LogP contribution is -2.29. The van der Waals surface area contributed by atoms with Gasteiger partial charge in [-0.05, 0) is 18.2 Å². The van der Waals surface area contributed by atoms with Gasteiger partial charge in [-0.2, -0.15) is 0 Å². The molecule has 0 unspecified atom stereocenters. The molecule has 0 radical (unpaired) electrons. The van der Waals surface area contributed by atoms with Gasteiger partial charge in [-0.3, -0.25) is 4.79 Å². The zero-order valence-corrected chi connectivity index (χ0v) is 9.75. The molecule has 3 N–H and O–H groups in total. The second kappa shape index (κ2) is 6.55. The highest BCUT2D eigenvalue weighted by atomic mass is 79.9. The van der Waals surface area contributed by atoms with Gasteiger partial charge in [0.25, 0.3) is 0 Å². The summed E-state index contributed by atoms with van der Waals surface area (Å²) >= 11 is 3.32. The van der Waals surface area contributed by atoms with Crippen LogP contribution in [0.3, 0.4) is 0 Å². The molecule has 15 heavy (non-hydrogen) atoms.